The molecule has 0 saturated carbocycles. The number of nitrogens with one attached hydrogen (secondary N) is 2. The van der Waals surface area contributed by atoms with Crippen LogP contribution in [0, 0.1) is 0 Å². The molecule has 12 nitrogen and oxygen atoms in total. The fourth-order valence-corrected chi connectivity index (χ4v) is 5.40. The molecule has 1 saturated heterocycles. The molecule has 13 heteroatoms. The molecule has 0 spiro atoms. The number of nitrogen functional groups attached to an aromatic ring is 1. The van der Waals surface area contributed by atoms with Crippen LogP contribution in [-0.4, -0.2) is 87.0 Å². The van der Waals surface area contributed by atoms with Gasteiger partial charge in [0.2, 0.25) is 0 Å². The van der Waals surface area contributed by atoms with Gasteiger partial charge in [-0.05, 0) is 56.5 Å². The molecule has 41 heavy (non-hydrogen) atoms. The second kappa shape index (κ2) is 13.2. The van der Waals surface area contributed by atoms with Crippen LogP contribution in [0.1, 0.15) is 41.1 Å². The highest BCUT2D eigenvalue weighted by atomic mass is 35.5. The highest BCUT2D eigenvalue weighted by Gasteiger charge is 2.25. The summed E-state index contributed by atoms with van der Waals surface area (Å²) in [6, 6.07) is 7.96. The first-order valence-corrected chi connectivity index (χ1v) is 14.3. The van der Waals surface area contributed by atoms with Crippen LogP contribution in [-0.2, 0) is 24.3 Å². The van der Waals surface area contributed by atoms with Crippen molar-refractivity contribution in [2.75, 3.05) is 50.9 Å². The largest absolute Gasteiger partial charge is 0.484 e. The van der Waals surface area contributed by atoms with Crippen LogP contribution in [0.4, 0.5) is 11.6 Å². The normalized spacial score (nSPS) is 17.1. The van der Waals surface area contributed by atoms with Crippen LogP contribution in [0.3, 0.4) is 0 Å². The van der Waals surface area contributed by atoms with E-state index in [9.17, 15) is 9.59 Å². The minimum Gasteiger partial charge on any atom is -0.484 e. The predicted molar refractivity (Wildman–Crippen MR) is 156 cm³/mol. The van der Waals surface area contributed by atoms with E-state index >= 15 is 0 Å². The van der Waals surface area contributed by atoms with E-state index in [4.69, 9.17) is 22.1 Å². The second-order valence-corrected chi connectivity index (χ2v) is 10.7. The predicted octanol–water partition coefficient (Wildman–Crippen LogP) is 2.20. The number of carbonyl (C=O) groups is 2. The summed E-state index contributed by atoms with van der Waals surface area (Å²) in [6.07, 6.45) is 7.53. The molecule has 0 radical (unpaired) electrons. The van der Waals surface area contributed by atoms with Crippen molar-refractivity contribution in [1.29, 1.82) is 0 Å². The van der Waals surface area contributed by atoms with Gasteiger partial charge in [-0.3, -0.25) is 9.59 Å². The summed E-state index contributed by atoms with van der Waals surface area (Å²) in [5.74, 6) is 1.62. The number of likely N-dealkylation sites (tertiary alicyclic amines) is 1. The molecule has 4 N–H and O–H groups in total. The lowest BCUT2D eigenvalue weighted by Crippen LogP contribution is -2.48. The van der Waals surface area contributed by atoms with Gasteiger partial charge in [0.05, 0.1) is 6.54 Å². The maximum atomic E-state index is 12.9. The van der Waals surface area contributed by atoms with E-state index in [0.717, 1.165) is 57.7 Å². The van der Waals surface area contributed by atoms with Crippen LogP contribution in [0.25, 0.3) is 0 Å². The van der Waals surface area contributed by atoms with E-state index in [2.05, 4.69) is 47.2 Å². The van der Waals surface area contributed by atoms with Gasteiger partial charge in [-0.25, -0.2) is 15.0 Å². The zero-order valence-electron chi connectivity index (χ0n) is 23.2. The van der Waals surface area contributed by atoms with Gasteiger partial charge in [0, 0.05) is 45.1 Å². The smallest absolute Gasteiger partial charge is 0.274 e. The molecule has 1 unspecified atom stereocenters. The molecule has 0 bridgehead atoms. The van der Waals surface area contributed by atoms with Crippen LogP contribution in [0.15, 0.2) is 36.7 Å². The van der Waals surface area contributed by atoms with Gasteiger partial charge < -0.3 is 35.5 Å². The van der Waals surface area contributed by atoms with E-state index < -0.39 is 0 Å². The molecule has 2 aliphatic heterocycles. The quantitative estimate of drug-likeness (QED) is 0.328. The molecule has 5 rings (SSSR count). The van der Waals surface area contributed by atoms with E-state index in [1.54, 1.807) is 18.1 Å². The number of piperidine rings is 1. The SMILES string of the molecule is CNc1nc(N)c(Cl)nc1C(=O)NC1CCCN(CCCc2ccc(OCC(=O)N3CCn4ccnc4C3)cc2)C1. The van der Waals surface area contributed by atoms with E-state index in [1.807, 2.05) is 18.3 Å². The van der Waals surface area contributed by atoms with Crippen molar-refractivity contribution in [2.45, 2.75) is 44.8 Å². The van der Waals surface area contributed by atoms with E-state index in [0.29, 0.717) is 24.7 Å². The maximum Gasteiger partial charge on any atom is 0.274 e. The molecule has 2 aliphatic rings. The average Bonchev–Trinajstić information content (AvgIpc) is 3.46. The fourth-order valence-electron chi connectivity index (χ4n) is 5.27. The number of nitrogens with zero attached hydrogens (tertiary/aromatic N) is 6. The molecule has 1 fully saturated rings. The van der Waals surface area contributed by atoms with Crippen LogP contribution in [0.5, 0.6) is 5.75 Å². The Balaban J connectivity index is 1.03. The van der Waals surface area contributed by atoms with Gasteiger partial charge in [-0.15, -0.1) is 0 Å². The van der Waals surface area contributed by atoms with Crippen molar-refractivity contribution in [3.63, 3.8) is 0 Å². The Hall–Kier alpha value is -3.90. The lowest BCUT2D eigenvalue weighted by molar-refractivity contribution is -0.134. The molecular weight excluding hydrogens is 546 g/mol. The minimum absolute atomic E-state index is 0.0131. The summed E-state index contributed by atoms with van der Waals surface area (Å²) < 4.78 is 7.83. The molecule has 0 aliphatic carbocycles. The Morgan fingerprint density at radius 1 is 1.17 bits per heavy atom. The molecule has 218 valence electrons. The zero-order valence-corrected chi connectivity index (χ0v) is 23.9. The fraction of sp³-hybridized carbons (Fsp3) is 0.464. The number of hydrogen-bond acceptors (Lipinski definition) is 9. The van der Waals surface area contributed by atoms with Crippen molar-refractivity contribution in [1.82, 2.24) is 34.6 Å². The average molecular weight is 582 g/mol. The second-order valence-electron chi connectivity index (χ2n) is 10.3. The topological polar surface area (TPSA) is 144 Å². The van der Waals surface area contributed by atoms with Crippen LogP contribution < -0.4 is 21.1 Å². The molecular formula is C28H36ClN9O3. The number of aryl methyl sites for hydroxylation is 1. The first-order valence-electron chi connectivity index (χ1n) is 13.9. The molecule has 2 aromatic heterocycles. The number of aromatic nitrogens is 4. The minimum atomic E-state index is -0.317. The van der Waals surface area contributed by atoms with Crippen molar-refractivity contribution < 1.29 is 14.3 Å². The zero-order chi connectivity index (χ0) is 28.8. The lowest BCUT2D eigenvalue weighted by atomic mass is 10.0. The highest BCUT2D eigenvalue weighted by molar-refractivity contribution is 6.31. The van der Waals surface area contributed by atoms with Crippen molar-refractivity contribution >= 4 is 35.1 Å². The third kappa shape index (κ3) is 7.25. The molecule has 3 aromatic rings. The number of ether oxygens (including phenoxy) is 1. The van der Waals surface area contributed by atoms with Crippen LogP contribution in [0.2, 0.25) is 5.15 Å². The summed E-state index contributed by atoms with van der Waals surface area (Å²) in [7, 11) is 1.66. The maximum absolute atomic E-state index is 12.9. The van der Waals surface area contributed by atoms with Gasteiger partial charge in [0.25, 0.3) is 11.8 Å². The first-order chi connectivity index (χ1) is 19.9. The summed E-state index contributed by atoms with van der Waals surface area (Å²) in [5.41, 5.74) is 7.07. The number of benzene rings is 1. The summed E-state index contributed by atoms with van der Waals surface area (Å²) in [6.45, 7) is 4.66. The van der Waals surface area contributed by atoms with Crippen molar-refractivity contribution in [2.24, 2.45) is 0 Å². The number of carbonyl (C=O) groups excluding carboxylic acids is 2. The molecule has 2 amide bonds. The first kappa shape index (κ1) is 28.6. The molecule has 4 heterocycles. The number of imidazole rings is 1. The Kier molecular flexibility index (Phi) is 9.20. The van der Waals surface area contributed by atoms with E-state index in [-0.39, 0.29) is 41.1 Å². The van der Waals surface area contributed by atoms with Gasteiger partial charge in [-0.1, -0.05) is 23.7 Å². The molecule has 1 atom stereocenters. The summed E-state index contributed by atoms with van der Waals surface area (Å²) >= 11 is 6.00. The number of fused-ring (bicyclic) bond motifs is 1. The number of halogens is 1. The van der Waals surface area contributed by atoms with Gasteiger partial charge in [-0.2, -0.15) is 0 Å². The highest BCUT2D eigenvalue weighted by Crippen LogP contribution is 2.20. The third-order valence-electron chi connectivity index (χ3n) is 7.49. The van der Waals surface area contributed by atoms with E-state index in [1.165, 1.54) is 5.56 Å². The van der Waals surface area contributed by atoms with Crippen LogP contribution >= 0.6 is 11.6 Å². The third-order valence-corrected chi connectivity index (χ3v) is 7.77. The van der Waals surface area contributed by atoms with Gasteiger partial charge >= 0.3 is 0 Å². The van der Waals surface area contributed by atoms with Crippen molar-refractivity contribution in [3.8, 4) is 5.75 Å². The number of hydrogen-bond donors (Lipinski definition) is 3. The Morgan fingerprint density at radius 2 is 2.00 bits per heavy atom. The number of rotatable bonds is 10. The Morgan fingerprint density at radius 3 is 2.80 bits per heavy atom. The lowest BCUT2D eigenvalue weighted by Gasteiger charge is -2.33. The summed E-state index contributed by atoms with van der Waals surface area (Å²) in [5, 5.41) is 5.94. The van der Waals surface area contributed by atoms with Gasteiger partial charge in [0.15, 0.2) is 29.1 Å². The Labute approximate surface area is 244 Å². The standard InChI is InChI=1S/C28H36ClN9O3/c1-31-27-24(34-25(29)26(30)35-27)28(40)33-20-5-3-12-36(16-20)11-2-4-19-6-8-21(9-7-19)41-18-23(39)38-15-14-37-13-10-32-22(37)17-38/h6-10,13,20H,2-5,11-12,14-18H2,1H3,(H,33,40)(H3,30,31,35). The monoisotopic (exact) mass is 581 g/mol. The summed E-state index contributed by atoms with van der Waals surface area (Å²) in [4.78, 5) is 42.2. The number of amides is 2. The van der Waals surface area contributed by atoms with Crippen molar-refractivity contribution in [3.05, 3.63) is 58.9 Å². The van der Waals surface area contributed by atoms with Gasteiger partial charge in [0.1, 0.15) is 11.6 Å². The Bertz CT molecular complexity index is 1360. The number of anilines is 2. The number of nitrogens with two attached hydrogens (primary N) is 1. The molecule has 1 aromatic carbocycles.